The lowest BCUT2D eigenvalue weighted by Crippen LogP contribution is -2.51. The molecule has 48 heavy (non-hydrogen) atoms. The van der Waals surface area contributed by atoms with Crippen LogP contribution in [0.15, 0.2) is 36.7 Å². The number of aromatic amines is 1. The van der Waals surface area contributed by atoms with Crippen molar-refractivity contribution in [3.8, 4) is 29.6 Å². The Morgan fingerprint density at radius 2 is 1.98 bits per heavy atom. The maximum atomic E-state index is 14.7. The third kappa shape index (κ3) is 4.27. The molecule has 4 saturated heterocycles. The lowest BCUT2D eigenvalue weighted by atomic mass is 9.93. The van der Waals surface area contributed by atoms with Crippen molar-refractivity contribution in [2.24, 2.45) is 0 Å². The van der Waals surface area contributed by atoms with E-state index >= 15 is 0 Å². The third-order valence-electron chi connectivity index (χ3n) is 11.0. The first-order chi connectivity index (χ1) is 23.5. The predicted octanol–water partition coefficient (Wildman–Crippen LogP) is 5.95. The highest BCUT2D eigenvalue weighted by molar-refractivity contribution is 7.26. The van der Waals surface area contributed by atoms with Crippen molar-refractivity contribution < 1.29 is 13.5 Å². The first-order valence-corrected chi connectivity index (χ1v) is 17.5. The van der Waals surface area contributed by atoms with E-state index in [1.165, 1.54) is 12.1 Å². The minimum absolute atomic E-state index is 0.304. The molecule has 6 aromatic rings. The number of hydrogen-bond acceptors (Lipinski definition) is 9. The van der Waals surface area contributed by atoms with Crippen LogP contribution in [0.25, 0.3) is 53.2 Å². The van der Waals surface area contributed by atoms with Gasteiger partial charge in [-0.15, -0.1) is 17.8 Å². The molecule has 0 amide bonds. The predicted molar refractivity (Wildman–Crippen MR) is 184 cm³/mol. The first-order valence-electron chi connectivity index (χ1n) is 16.6. The number of piperazine rings is 1. The minimum Gasteiger partial charge on any atom is -0.461 e. The molecule has 0 spiro atoms. The number of alkyl halides is 1. The van der Waals surface area contributed by atoms with Crippen LogP contribution in [0.5, 0.6) is 6.01 Å². The van der Waals surface area contributed by atoms with Gasteiger partial charge in [-0.3, -0.25) is 15.0 Å². The normalized spacial score (nSPS) is 25.5. The smallest absolute Gasteiger partial charge is 0.319 e. The lowest BCUT2D eigenvalue weighted by molar-refractivity contribution is 0.107. The quantitative estimate of drug-likeness (QED) is 0.219. The fraction of sp³-hybridized carbons (Fsp3) is 0.389. The van der Waals surface area contributed by atoms with Gasteiger partial charge in [-0.05, 0) is 61.9 Å². The molecular weight excluding hydrogens is 631 g/mol. The average molecular weight is 663 g/mol. The van der Waals surface area contributed by atoms with E-state index in [4.69, 9.17) is 26.1 Å². The maximum Gasteiger partial charge on any atom is 0.319 e. The van der Waals surface area contributed by atoms with E-state index in [-0.39, 0.29) is 5.54 Å². The molecule has 12 heteroatoms. The zero-order valence-corrected chi connectivity index (χ0v) is 26.9. The van der Waals surface area contributed by atoms with Crippen LogP contribution in [0.2, 0.25) is 0 Å². The van der Waals surface area contributed by atoms with Gasteiger partial charge in [0.05, 0.1) is 33.0 Å². The molecule has 9 nitrogen and oxygen atoms in total. The molecule has 0 radical (unpaired) electrons. The number of fused-ring (bicyclic) bond motifs is 8. The number of hydrogen-bond donors (Lipinski definition) is 2. The summed E-state index contributed by atoms with van der Waals surface area (Å²) in [6.45, 7) is 3.42. The number of halogens is 2. The summed E-state index contributed by atoms with van der Waals surface area (Å²) < 4.78 is 36.7. The van der Waals surface area contributed by atoms with Gasteiger partial charge < -0.3 is 15.0 Å². The second-order valence-electron chi connectivity index (χ2n) is 13.8. The fourth-order valence-electron chi connectivity index (χ4n) is 8.93. The molecule has 4 aliphatic heterocycles. The Morgan fingerprint density at radius 1 is 1.10 bits per heavy atom. The number of H-pyrrole nitrogens is 1. The van der Waals surface area contributed by atoms with E-state index in [1.807, 2.05) is 18.3 Å². The van der Waals surface area contributed by atoms with E-state index in [0.29, 0.717) is 48.6 Å². The van der Waals surface area contributed by atoms with Crippen LogP contribution >= 0.6 is 11.3 Å². The van der Waals surface area contributed by atoms with Gasteiger partial charge in [0.25, 0.3) is 0 Å². The van der Waals surface area contributed by atoms with Gasteiger partial charge in [-0.25, -0.2) is 8.78 Å². The van der Waals surface area contributed by atoms with Crippen molar-refractivity contribution in [1.29, 1.82) is 0 Å². The highest BCUT2D eigenvalue weighted by Crippen LogP contribution is 2.47. The van der Waals surface area contributed by atoms with Crippen LogP contribution in [0.4, 0.5) is 14.6 Å². The van der Waals surface area contributed by atoms with Crippen molar-refractivity contribution in [1.82, 2.24) is 35.4 Å². The molecule has 4 aliphatic rings. The number of thiophene rings is 1. The van der Waals surface area contributed by atoms with Crippen molar-refractivity contribution in [3.63, 3.8) is 0 Å². The van der Waals surface area contributed by atoms with Crippen LogP contribution in [0.3, 0.4) is 0 Å². The summed E-state index contributed by atoms with van der Waals surface area (Å²) >= 11 is 1.54. The largest absolute Gasteiger partial charge is 0.461 e. The van der Waals surface area contributed by atoms with Crippen LogP contribution in [0.1, 0.15) is 37.7 Å². The fourth-order valence-corrected chi connectivity index (χ4v) is 10.1. The molecular formula is C36H32F2N8OS. The van der Waals surface area contributed by atoms with E-state index in [2.05, 4.69) is 31.2 Å². The molecule has 4 fully saturated rings. The average Bonchev–Trinajstić information content (AvgIpc) is 3.90. The monoisotopic (exact) mass is 662 g/mol. The molecule has 2 bridgehead atoms. The summed E-state index contributed by atoms with van der Waals surface area (Å²) in [6, 6.07) is 7.92. The number of rotatable bonds is 5. The first kappa shape index (κ1) is 28.6. The number of anilines is 1. The molecule has 4 aromatic heterocycles. The number of aromatic nitrogens is 5. The zero-order chi connectivity index (χ0) is 32.1. The standard InChI is InChI=1S/C36H32F2N8OS/c1-2-19-10-21(37)11-20-12-27-26(14-40-44-27)29(28(19)20)31-32-25(6-8-39-31)30-33(45-16-23-4-5-24(17-45)41-23)42-35(43-34(30)48-32)47-18-36-7-3-9-46(36)15-22(38)13-36/h1,6,8,10-12,14,22-24,41H,3-5,7,9,13,15-18H2,(H,40,44)/t22-,23-,24+,36+/m1/s1. The van der Waals surface area contributed by atoms with Gasteiger partial charge in [0.15, 0.2) is 0 Å². The molecule has 0 aliphatic carbocycles. The summed E-state index contributed by atoms with van der Waals surface area (Å²) in [4.78, 5) is 20.5. The Morgan fingerprint density at radius 3 is 2.83 bits per heavy atom. The van der Waals surface area contributed by atoms with E-state index < -0.39 is 12.0 Å². The van der Waals surface area contributed by atoms with Crippen molar-refractivity contribution in [2.45, 2.75) is 55.9 Å². The Balaban J connectivity index is 1.18. The summed E-state index contributed by atoms with van der Waals surface area (Å²) in [5, 5.41) is 15.3. The van der Waals surface area contributed by atoms with Gasteiger partial charge in [-0.1, -0.05) is 5.92 Å². The molecule has 2 N–H and O–H groups in total. The zero-order valence-electron chi connectivity index (χ0n) is 26.1. The van der Waals surface area contributed by atoms with Crippen molar-refractivity contribution in [2.75, 3.05) is 37.7 Å². The number of pyridine rings is 1. The minimum atomic E-state index is -0.833. The Kier molecular flexibility index (Phi) is 6.26. The Hall–Kier alpha value is -4.44. The molecule has 242 valence electrons. The number of ether oxygens (including phenoxy) is 1. The summed E-state index contributed by atoms with van der Waals surface area (Å²) in [5.41, 5.74) is 2.45. The summed E-state index contributed by atoms with van der Waals surface area (Å²) in [6.07, 6.45) is 13.4. The lowest BCUT2D eigenvalue weighted by Gasteiger charge is -2.34. The van der Waals surface area contributed by atoms with Gasteiger partial charge >= 0.3 is 6.01 Å². The molecule has 10 rings (SSSR count). The molecule has 2 aromatic carbocycles. The van der Waals surface area contributed by atoms with Gasteiger partial charge in [0.1, 0.15) is 29.2 Å². The van der Waals surface area contributed by atoms with Crippen LogP contribution in [0, 0.1) is 18.2 Å². The molecule has 4 atom stereocenters. The summed E-state index contributed by atoms with van der Waals surface area (Å²) in [7, 11) is 0. The highest BCUT2D eigenvalue weighted by Gasteiger charge is 2.49. The van der Waals surface area contributed by atoms with Crippen LogP contribution in [-0.2, 0) is 0 Å². The Labute approximate surface area is 278 Å². The topological polar surface area (TPSA) is 95.1 Å². The number of nitrogens with one attached hydrogen (secondary N) is 2. The maximum absolute atomic E-state index is 14.7. The van der Waals surface area contributed by atoms with Gasteiger partial charge in [-0.2, -0.15) is 15.1 Å². The van der Waals surface area contributed by atoms with Crippen LogP contribution < -0.4 is 15.0 Å². The number of terminal acetylenes is 1. The molecule has 8 heterocycles. The molecule has 0 unspecified atom stereocenters. The number of nitrogens with zero attached hydrogens (tertiary/aromatic N) is 6. The highest BCUT2D eigenvalue weighted by atomic mass is 32.1. The van der Waals surface area contributed by atoms with Crippen LogP contribution in [-0.4, -0.2) is 86.6 Å². The number of benzene rings is 2. The van der Waals surface area contributed by atoms with Gasteiger partial charge in [0, 0.05) is 71.6 Å². The van der Waals surface area contributed by atoms with E-state index in [9.17, 15) is 8.78 Å². The van der Waals surface area contributed by atoms with E-state index in [0.717, 1.165) is 99.0 Å². The third-order valence-corrected chi connectivity index (χ3v) is 12.1. The SMILES string of the molecule is C#Cc1cc(F)cc2cc3[nH]ncc3c(-c3nccc4c3sc3nc(OC[C@@]56CCCN5C[C@H](F)C6)nc(N5C[C@H]6CC[C@@H](C5)N6)c34)c12. The summed E-state index contributed by atoms with van der Waals surface area (Å²) in [5.74, 6) is 3.16. The van der Waals surface area contributed by atoms with Crippen molar-refractivity contribution in [3.05, 3.63) is 48.0 Å². The Bertz CT molecular complexity index is 2320. The van der Waals surface area contributed by atoms with E-state index in [1.54, 1.807) is 17.5 Å². The second kappa shape index (κ2) is 10.5. The van der Waals surface area contributed by atoms with Crippen molar-refractivity contribution >= 4 is 59.1 Å². The molecule has 0 saturated carbocycles. The second-order valence-corrected chi connectivity index (χ2v) is 14.8. The van der Waals surface area contributed by atoms with Gasteiger partial charge in [0.2, 0.25) is 0 Å².